The minimum Gasteiger partial charge on any atom is -0.491 e. The normalized spacial score (nSPS) is 10.9. The highest BCUT2D eigenvalue weighted by molar-refractivity contribution is 5.84. The minimum atomic E-state index is -0.00479. The molecule has 0 saturated heterocycles. The number of rotatable bonds is 7. The molecule has 28 heavy (non-hydrogen) atoms. The van der Waals surface area contributed by atoms with Crippen LogP contribution in [0.3, 0.4) is 0 Å². The van der Waals surface area contributed by atoms with Crippen LogP contribution in [0.5, 0.6) is 5.75 Å². The van der Waals surface area contributed by atoms with E-state index >= 15 is 0 Å². The van der Waals surface area contributed by atoms with Crippen molar-refractivity contribution < 1.29 is 9.84 Å². The van der Waals surface area contributed by atoms with E-state index in [4.69, 9.17) is 9.84 Å². The summed E-state index contributed by atoms with van der Waals surface area (Å²) >= 11 is 0. The number of ether oxygens (including phenoxy) is 1. The van der Waals surface area contributed by atoms with Gasteiger partial charge in [-0.25, -0.2) is 9.97 Å². The molecule has 4 aromatic rings. The molecular formula is C22H22N4O2. The second-order valence-electron chi connectivity index (χ2n) is 6.63. The number of fused-ring (bicyclic) bond motifs is 1. The summed E-state index contributed by atoms with van der Waals surface area (Å²) in [5.74, 6) is 2.21. The van der Waals surface area contributed by atoms with E-state index in [9.17, 15) is 0 Å². The SMILES string of the molecule is Cc1cc2cc(Nc3ccnc(Cc4cccc(OCCO)c4)n3)ccc2[nH]1. The van der Waals surface area contributed by atoms with E-state index in [2.05, 4.69) is 38.5 Å². The van der Waals surface area contributed by atoms with Crippen LogP contribution in [0.25, 0.3) is 10.9 Å². The van der Waals surface area contributed by atoms with Crippen LogP contribution in [0.1, 0.15) is 17.1 Å². The molecule has 0 aliphatic rings. The van der Waals surface area contributed by atoms with Crippen LogP contribution in [0, 0.1) is 6.92 Å². The number of aryl methyl sites for hydroxylation is 1. The maximum absolute atomic E-state index is 8.89. The summed E-state index contributed by atoms with van der Waals surface area (Å²) in [6, 6.07) is 17.9. The first-order chi connectivity index (χ1) is 13.7. The lowest BCUT2D eigenvalue weighted by atomic mass is 10.1. The predicted molar refractivity (Wildman–Crippen MR) is 110 cm³/mol. The molecule has 0 fully saturated rings. The Hall–Kier alpha value is -3.38. The fraction of sp³-hybridized carbons (Fsp3) is 0.182. The van der Waals surface area contributed by atoms with E-state index < -0.39 is 0 Å². The monoisotopic (exact) mass is 374 g/mol. The summed E-state index contributed by atoms with van der Waals surface area (Å²) in [7, 11) is 0. The first kappa shape index (κ1) is 18.0. The van der Waals surface area contributed by atoms with Crippen molar-refractivity contribution in [3.63, 3.8) is 0 Å². The maximum Gasteiger partial charge on any atom is 0.135 e. The number of aliphatic hydroxyl groups excluding tert-OH is 1. The third-order valence-electron chi connectivity index (χ3n) is 4.35. The highest BCUT2D eigenvalue weighted by atomic mass is 16.5. The van der Waals surface area contributed by atoms with E-state index in [1.54, 1.807) is 6.20 Å². The zero-order chi connectivity index (χ0) is 19.3. The van der Waals surface area contributed by atoms with Gasteiger partial charge in [-0.3, -0.25) is 0 Å². The lowest BCUT2D eigenvalue weighted by molar-refractivity contribution is 0.201. The van der Waals surface area contributed by atoms with Crippen molar-refractivity contribution >= 4 is 22.4 Å². The number of H-pyrrole nitrogens is 1. The number of nitrogens with one attached hydrogen (secondary N) is 2. The number of aromatic nitrogens is 3. The summed E-state index contributed by atoms with van der Waals surface area (Å²) in [4.78, 5) is 12.3. The molecule has 0 saturated carbocycles. The number of hydrogen-bond donors (Lipinski definition) is 3. The van der Waals surface area contributed by atoms with Crippen molar-refractivity contribution in [3.05, 3.63) is 77.9 Å². The first-order valence-electron chi connectivity index (χ1n) is 9.20. The van der Waals surface area contributed by atoms with Gasteiger partial charge in [0, 0.05) is 34.9 Å². The van der Waals surface area contributed by atoms with Gasteiger partial charge in [-0.05, 0) is 55.0 Å². The van der Waals surface area contributed by atoms with Crippen LogP contribution in [0.4, 0.5) is 11.5 Å². The van der Waals surface area contributed by atoms with Gasteiger partial charge in [-0.2, -0.15) is 0 Å². The summed E-state index contributed by atoms with van der Waals surface area (Å²) < 4.78 is 5.47. The quantitative estimate of drug-likeness (QED) is 0.456. The van der Waals surface area contributed by atoms with Gasteiger partial charge < -0.3 is 20.1 Å². The second-order valence-corrected chi connectivity index (χ2v) is 6.63. The van der Waals surface area contributed by atoms with E-state index in [-0.39, 0.29) is 13.2 Å². The summed E-state index contributed by atoms with van der Waals surface area (Å²) in [6.45, 7) is 2.33. The highest BCUT2D eigenvalue weighted by Gasteiger charge is 2.05. The first-order valence-corrected chi connectivity index (χ1v) is 9.20. The molecule has 142 valence electrons. The fourth-order valence-corrected chi connectivity index (χ4v) is 3.15. The predicted octanol–water partition coefficient (Wildman–Crippen LogP) is 3.97. The standard InChI is InChI=1S/C22H22N4O2/c1-15-11-17-14-18(5-6-20(17)24-15)25-21-7-8-23-22(26-21)13-16-3-2-4-19(12-16)28-10-9-27/h2-8,11-12,14,24,27H,9-10,13H2,1H3,(H,23,25,26). The van der Waals surface area contributed by atoms with Gasteiger partial charge in [0.2, 0.25) is 0 Å². The smallest absolute Gasteiger partial charge is 0.135 e. The Labute approximate surface area is 163 Å². The summed E-state index contributed by atoms with van der Waals surface area (Å²) in [5, 5.41) is 13.4. The zero-order valence-electron chi connectivity index (χ0n) is 15.6. The molecule has 0 aliphatic carbocycles. The molecule has 2 aromatic heterocycles. The van der Waals surface area contributed by atoms with Crippen LogP contribution >= 0.6 is 0 Å². The van der Waals surface area contributed by atoms with Gasteiger partial charge in [-0.1, -0.05) is 12.1 Å². The molecule has 0 amide bonds. The van der Waals surface area contributed by atoms with E-state index in [1.807, 2.05) is 43.3 Å². The molecule has 2 heterocycles. The van der Waals surface area contributed by atoms with Crippen LogP contribution in [-0.2, 0) is 6.42 Å². The van der Waals surface area contributed by atoms with Crippen LogP contribution in [-0.4, -0.2) is 33.3 Å². The number of aliphatic hydroxyl groups is 1. The summed E-state index contributed by atoms with van der Waals surface area (Å²) in [6.07, 6.45) is 2.36. The molecular weight excluding hydrogens is 352 g/mol. The van der Waals surface area contributed by atoms with Crippen LogP contribution in [0.15, 0.2) is 60.8 Å². The van der Waals surface area contributed by atoms with Crippen LogP contribution in [0.2, 0.25) is 0 Å². The average molecular weight is 374 g/mol. The number of anilines is 2. The van der Waals surface area contributed by atoms with Crippen molar-refractivity contribution in [3.8, 4) is 5.75 Å². The van der Waals surface area contributed by atoms with Crippen LogP contribution < -0.4 is 10.1 Å². The largest absolute Gasteiger partial charge is 0.491 e. The maximum atomic E-state index is 8.89. The Morgan fingerprint density at radius 2 is 2.04 bits per heavy atom. The lowest BCUT2D eigenvalue weighted by Crippen LogP contribution is -2.03. The Morgan fingerprint density at radius 1 is 1.11 bits per heavy atom. The third-order valence-corrected chi connectivity index (χ3v) is 4.35. The molecule has 0 atom stereocenters. The number of benzene rings is 2. The molecule has 0 aliphatic heterocycles. The second kappa shape index (κ2) is 8.10. The number of hydrogen-bond acceptors (Lipinski definition) is 5. The Kier molecular flexibility index (Phi) is 5.21. The van der Waals surface area contributed by atoms with Crippen molar-refractivity contribution in [2.24, 2.45) is 0 Å². The molecule has 6 heteroatoms. The Balaban J connectivity index is 1.49. The van der Waals surface area contributed by atoms with E-state index in [0.29, 0.717) is 6.42 Å². The molecule has 0 bridgehead atoms. The van der Waals surface area contributed by atoms with Gasteiger partial charge >= 0.3 is 0 Å². The Bertz CT molecular complexity index is 1090. The minimum absolute atomic E-state index is 0.00479. The van der Waals surface area contributed by atoms with Gasteiger partial charge in [0.25, 0.3) is 0 Å². The van der Waals surface area contributed by atoms with Crippen molar-refractivity contribution in [2.75, 3.05) is 18.5 Å². The van der Waals surface area contributed by atoms with Gasteiger partial charge in [0.05, 0.1) is 6.61 Å². The summed E-state index contributed by atoms with van der Waals surface area (Å²) in [5.41, 5.74) is 4.30. The molecule has 6 nitrogen and oxygen atoms in total. The number of nitrogens with zero attached hydrogens (tertiary/aromatic N) is 2. The highest BCUT2D eigenvalue weighted by Crippen LogP contribution is 2.22. The van der Waals surface area contributed by atoms with Gasteiger partial charge in [-0.15, -0.1) is 0 Å². The zero-order valence-corrected chi connectivity index (χ0v) is 15.6. The van der Waals surface area contributed by atoms with Crippen molar-refractivity contribution in [1.29, 1.82) is 0 Å². The van der Waals surface area contributed by atoms with Gasteiger partial charge in [0.15, 0.2) is 0 Å². The molecule has 0 unspecified atom stereocenters. The van der Waals surface area contributed by atoms with Gasteiger partial charge in [0.1, 0.15) is 24.0 Å². The molecule has 4 rings (SSSR count). The fourth-order valence-electron chi connectivity index (χ4n) is 3.15. The molecule has 3 N–H and O–H groups in total. The lowest BCUT2D eigenvalue weighted by Gasteiger charge is -2.09. The Morgan fingerprint density at radius 3 is 2.93 bits per heavy atom. The molecule has 0 radical (unpaired) electrons. The van der Waals surface area contributed by atoms with E-state index in [1.165, 1.54) is 0 Å². The topological polar surface area (TPSA) is 83.1 Å². The average Bonchev–Trinajstić information content (AvgIpc) is 3.06. The molecule has 0 spiro atoms. The van der Waals surface area contributed by atoms with E-state index in [0.717, 1.165) is 45.2 Å². The number of aromatic amines is 1. The molecule has 2 aromatic carbocycles. The van der Waals surface area contributed by atoms with Crippen molar-refractivity contribution in [2.45, 2.75) is 13.3 Å². The third kappa shape index (κ3) is 4.29. The van der Waals surface area contributed by atoms with Crippen molar-refractivity contribution in [1.82, 2.24) is 15.0 Å².